The number of amides is 2. The second-order valence-electron chi connectivity index (χ2n) is 5.33. The zero-order chi connectivity index (χ0) is 16.9. The lowest BCUT2D eigenvalue weighted by Gasteiger charge is -2.33. The lowest BCUT2D eigenvalue weighted by molar-refractivity contribution is -0.129. The van der Waals surface area contributed by atoms with E-state index in [9.17, 15) is 9.59 Å². The number of benzene rings is 1. The Balaban J connectivity index is 1.62. The number of morpholine rings is 1. The average molecular weight is 330 g/mol. The summed E-state index contributed by atoms with van der Waals surface area (Å²) in [6, 6.07) is 10.5. The molecule has 2 heterocycles. The van der Waals surface area contributed by atoms with Crippen LogP contribution >= 0.6 is 0 Å². The Morgan fingerprint density at radius 2 is 2.25 bits per heavy atom. The lowest BCUT2D eigenvalue weighted by Crippen LogP contribution is -2.50. The van der Waals surface area contributed by atoms with Crippen molar-refractivity contribution in [2.24, 2.45) is 0 Å². The Morgan fingerprint density at radius 3 is 3.00 bits per heavy atom. The molecule has 1 saturated heterocycles. The van der Waals surface area contributed by atoms with Crippen molar-refractivity contribution in [2.45, 2.75) is 6.10 Å². The molecule has 0 bridgehead atoms. The van der Waals surface area contributed by atoms with Gasteiger partial charge in [-0.25, -0.2) is 0 Å². The molecule has 7 nitrogen and oxygen atoms in total. The van der Waals surface area contributed by atoms with Crippen molar-refractivity contribution in [3.63, 3.8) is 0 Å². The average Bonchev–Trinajstić information content (AvgIpc) is 3.15. The van der Waals surface area contributed by atoms with Gasteiger partial charge in [-0.15, -0.1) is 0 Å². The molecule has 3 rings (SSSR count). The van der Waals surface area contributed by atoms with Crippen molar-refractivity contribution in [3.8, 4) is 5.75 Å². The number of furan rings is 1. The van der Waals surface area contributed by atoms with Gasteiger partial charge in [0.15, 0.2) is 5.76 Å². The van der Waals surface area contributed by atoms with E-state index in [-0.39, 0.29) is 36.8 Å². The normalized spacial score (nSPS) is 17.6. The molecule has 1 atom stereocenters. The van der Waals surface area contributed by atoms with E-state index in [1.807, 2.05) is 18.2 Å². The van der Waals surface area contributed by atoms with Crippen molar-refractivity contribution in [3.05, 3.63) is 48.4 Å². The molecule has 2 aromatic rings. The van der Waals surface area contributed by atoms with E-state index in [4.69, 9.17) is 13.9 Å². The third-order valence-corrected chi connectivity index (χ3v) is 3.73. The Morgan fingerprint density at radius 1 is 1.38 bits per heavy atom. The van der Waals surface area contributed by atoms with Crippen LogP contribution in [0, 0.1) is 0 Å². The van der Waals surface area contributed by atoms with Gasteiger partial charge in [-0.2, -0.15) is 0 Å². The van der Waals surface area contributed by atoms with Crippen LogP contribution in [-0.4, -0.2) is 44.7 Å². The zero-order valence-corrected chi connectivity index (χ0v) is 13.2. The number of hydrogen-bond donors (Lipinski definition) is 1. The highest BCUT2D eigenvalue weighted by Crippen LogP contribution is 2.23. The number of anilines is 1. The third-order valence-electron chi connectivity index (χ3n) is 3.73. The Bertz CT molecular complexity index is 714. The maximum atomic E-state index is 12.1. The van der Waals surface area contributed by atoms with E-state index >= 15 is 0 Å². The van der Waals surface area contributed by atoms with Gasteiger partial charge in [-0.05, 0) is 24.3 Å². The van der Waals surface area contributed by atoms with E-state index in [0.29, 0.717) is 12.3 Å². The second kappa shape index (κ2) is 7.18. The van der Waals surface area contributed by atoms with Crippen LogP contribution in [0.4, 0.5) is 5.69 Å². The predicted molar refractivity (Wildman–Crippen MR) is 86.1 cm³/mol. The van der Waals surface area contributed by atoms with Crippen LogP contribution in [0.1, 0.15) is 10.6 Å². The van der Waals surface area contributed by atoms with Crippen LogP contribution in [0.5, 0.6) is 5.75 Å². The quantitative estimate of drug-likeness (QED) is 0.897. The number of nitrogens with one attached hydrogen (secondary N) is 1. The molecular weight excluding hydrogens is 312 g/mol. The molecule has 0 aliphatic carbocycles. The third kappa shape index (κ3) is 3.57. The van der Waals surface area contributed by atoms with E-state index < -0.39 is 0 Å². The minimum absolute atomic E-state index is 0.0293. The Hall–Kier alpha value is -2.80. The molecule has 126 valence electrons. The molecule has 1 fully saturated rings. The van der Waals surface area contributed by atoms with Gasteiger partial charge in [0.05, 0.1) is 26.0 Å². The van der Waals surface area contributed by atoms with Gasteiger partial charge >= 0.3 is 0 Å². The molecule has 0 spiro atoms. The van der Waals surface area contributed by atoms with Crippen LogP contribution < -0.4 is 15.0 Å². The first-order valence-corrected chi connectivity index (χ1v) is 7.55. The van der Waals surface area contributed by atoms with Crippen molar-refractivity contribution >= 4 is 17.5 Å². The molecule has 1 unspecified atom stereocenters. The fourth-order valence-corrected chi connectivity index (χ4v) is 2.48. The van der Waals surface area contributed by atoms with Crippen LogP contribution in [0.2, 0.25) is 0 Å². The van der Waals surface area contributed by atoms with Crippen molar-refractivity contribution in [1.82, 2.24) is 5.32 Å². The fourth-order valence-electron chi connectivity index (χ4n) is 2.48. The summed E-state index contributed by atoms with van der Waals surface area (Å²) in [6.07, 6.45) is 1.14. The molecule has 0 saturated carbocycles. The maximum absolute atomic E-state index is 12.1. The molecule has 7 heteroatoms. The second-order valence-corrected chi connectivity index (χ2v) is 5.33. The largest absolute Gasteiger partial charge is 0.497 e. The van der Waals surface area contributed by atoms with Gasteiger partial charge in [-0.1, -0.05) is 6.07 Å². The minimum atomic E-state index is -0.312. The molecule has 1 aliphatic heterocycles. The highest BCUT2D eigenvalue weighted by atomic mass is 16.5. The lowest BCUT2D eigenvalue weighted by atomic mass is 10.2. The number of nitrogens with zero attached hydrogens (tertiary/aromatic N) is 1. The van der Waals surface area contributed by atoms with Gasteiger partial charge in [0.2, 0.25) is 0 Å². The molecule has 1 aromatic carbocycles. The summed E-state index contributed by atoms with van der Waals surface area (Å²) in [5, 5.41) is 2.74. The maximum Gasteiger partial charge on any atom is 0.287 e. The number of carbonyl (C=O) groups is 2. The highest BCUT2D eigenvalue weighted by Gasteiger charge is 2.28. The molecule has 24 heavy (non-hydrogen) atoms. The summed E-state index contributed by atoms with van der Waals surface area (Å²) in [7, 11) is 1.58. The fraction of sp³-hybridized carbons (Fsp3) is 0.294. The highest BCUT2D eigenvalue weighted by molar-refractivity contribution is 5.95. The van der Waals surface area contributed by atoms with E-state index in [2.05, 4.69) is 5.32 Å². The molecule has 2 amide bonds. The number of rotatable bonds is 5. The van der Waals surface area contributed by atoms with Crippen LogP contribution in [0.15, 0.2) is 47.1 Å². The summed E-state index contributed by atoms with van der Waals surface area (Å²) in [4.78, 5) is 25.6. The Labute approximate surface area is 139 Å². The number of methoxy groups -OCH3 is 1. The van der Waals surface area contributed by atoms with E-state index in [1.165, 1.54) is 6.26 Å². The van der Waals surface area contributed by atoms with E-state index in [0.717, 1.165) is 5.69 Å². The molecule has 1 aromatic heterocycles. The first-order valence-electron chi connectivity index (χ1n) is 7.55. The number of carbonyl (C=O) groups excluding carboxylic acids is 2. The van der Waals surface area contributed by atoms with Crippen LogP contribution in [-0.2, 0) is 9.53 Å². The summed E-state index contributed by atoms with van der Waals surface area (Å²) >= 11 is 0. The van der Waals surface area contributed by atoms with Crippen LogP contribution in [0.25, 0.3) is 0 Å². The van der Waals surface area contributed by atoms with Gasteiger partial charge in [0.1, 0.15) is 12.4 Å². The van der Waals surface area contributed by atoms with Gasteiger partial charge in [-0.3, -0.25) is 9.59 Å². The molecule has 1 aliphatic rings. The summed E-state index contributed by atoms with van der Waals surface area (Å²) < 4.78 is 15.7. The summed E-state index contributed by atoms with van der Waals surface area (Å²) in [5.74, 6) is 0.478. The van der Waals surface area contributed by atoms with Gasteiger partial charge in [0, 0.05) is 18.3 Å². The van der Waals surface area contributed by atoms with Crippen LogP contribution in [0.3, 0.4) is 0 Å². The standard InChI is InChI=1S/C17H18N2O5/c1-22-13-5-2-4-12(8-13)19-10-14(24-11-16(19)20)9-18-17(21)15-6-3-7-23-15/h2-8,14H,9-11H2,1H3,(H,18,21). The van der Waals surface area contributed by atoms with E-state index in [1.54, 1.807) is 30.2 Å². The molecular formula is C17H18N2O5. The van der Waals surface area contributed by atoms with Crippen molar-refractivity contribution in [1.29, 1.82) is 0 Å². The van der Waals surface area contributed by atoms with Crippen molar-refractivity contribution in [2.75, 3.05) is 31.7 Å². The summed E-state index contributed by atoms with van der Waals surface area (Å²) in [6.45, 7) is 0.607. The SMILES string of the molecule is COc1cccc(N2CC(CNC(=O)c3ccco3)OCC2=O)c1. The van der Waals surface area contributed by atoms with Crippen molar-refractivity contribution < 1.29 is 23.5 Å². The predicted octanol–water partition coefficient (Wildman–Crippen LogP) is 1.45. The summed E-state index contributed by atoms with van der Waals surface area (Å²) in [5.41, 5.74) is 0.741. The van der Waals surface area contributed by atoms with Gasteiger partial charge in [0.25, 0.3) is 11.8 Å². The first kappa shape index (κ1) is 16.1. The first-order chi connectivity index (χ1) is 11.7. The zero-order valence-electron chi connectivity index (χ0n) is 13.2. The Kier molecular flexibility index (Phi) is 4.81. The molecule has 1 N–H and O–H groups in total. The smallest absolute Gasteiger partial charge is 0.287 e. The minimum Gasteiger partial charge on any atom is -0.497 e. The molecule has 0 radical (unpaired) electrons. The number of hydrogen-bond acceptors (Lipinski definition) is 5. The topological polar surface area (TPSA) is 81.0 Å². The number of ether oxygens (including phenoxy) is 2. The monoisotopic (exact) mass is 330 g/mol. The van der Waals surface area contributed by atoms with Gasteiger partial charge < -0.3 is 24.1 Å².